The second kappa shape index (κ2) is 14.1. The molecule has 1 unspecified atom stereocenters. The number of carbonyl (C=O) groups is 1. The lowest BCUT2D eigenvalue weighted by molar-refractivity contribution is -0.192. The average Bonchev–Trinajstić information content (AvgIpc) is 2.97. The molecule has 1 heterocycles. The summed E-state index contributed by atoms with van der Waals surface area (Å²) in [6.07, 6.45) is 2.70. The summed E-state index contributed by atoms with van der Waals surface area (Å²) in [5, 5.41) is 13.9. The molecule has 39 heavy (non-hydrogen) atoms. The molecule has 4 N–H and O–H groups in total. The summed E-state index contributed by atoms with van der Waals surface area (Å²) in [6.45, 7) is 1.06. The van der Waals surface area contributed by atoms with Crippen LogP contribution in [0.5, 0.6) is 5.75 Å². The third-order valence-corrected chi connectivity index (χ3v) is 7.14. The predicted octanol–water partition coefficient (Wildman–Crippen LogP) is 6.21. The summed E-state index contributed by atoms with van der Waals surface area (Å²) in [5.41, 5.74) is 9.14. The van der Waals surface area contributed by atoms with E-state index >= 15 is 0 Å². The summed E-state index contributed by atoms with van der Waals surface area (Å²) in [6, 6.07) is 20.7. The molecular formula is C31H37FN2O5. The largest absolute Gasteiger partial charge is 0.497 e. The normalized spacial score (nSPS) is 17.7. The van der Waals surface area contributed by atoms with E-state index in [4.69, 9.17) is 19.9 Å². The van der Waals surface area contributed by atoms with Gasteiger partial charge in [-0.3, -0.25) is 4.79 Å². The van der Waals surface area contributed by atoms with Crippen molar-refractivity contribution >= 4 is 11.7 Å². The molecule has 0 saturated carbocycles. The van der Waals surface area contributed by atoms with Crippen molar-refractivity contribution in [3.8, 4) is 5.75 Å². The fourth-order valence-corrected chi connectivity index (χ4v) is 4.90. The van der Waals surface area contributed by atoms with Crippen LogP contribution >= 0.6 is 0 Å². The van der Waals surface area contributed by atoms with Gasteiger partial charge in [0.05, 0.1) is 25.2 Å². The highest BCUT2D eigenvalue weighted by Crippen LogP contribution is 2.35. The number of carboxylic acid groups (broad SMARTS) is 1. The van der Waals surface area contributed by atoms with Crippen LogP contribution in [0.25, 0.3) is 0 Å². The van der Waals surface area contributed by atoms with Gasteiger partial charge in [-0.25, -0.2) is 4.39 Å². The Morgan fingerprint density at radius 1 is 1.03 bits per heavy atom. The number of carboxylic acids is 1. The number of nitrogens with two attached hydrogens (primary N) is 1. The molecule has 0 bridgehead atoms. The van der Waals surface area contributed by atoms with E-state index in [2.05, 4.69) is 5.32 Å². The molecule has 4 atom stereocenters. The van der Waals surface area contributed by atoms with Gasteiger partial charge in [0.1, 0.15) is 11.6 Å². The first kappa shape index (κ1) is 28.5. The summed E-state index contributed by atoms with van der Waals surface area (Å²) in [5.74, 6) is -1.35. The van der Waals surface area contributed by atoms with Crippen molar-refractivity contribution in [2.45, 2.75) is 57.1 Å². The van der Waals surface area contributed by atoms with Gasteiger partial charge in [-0.05, 0) is 85.2 Å². The molecule has 3 aromatic rings. The van der Waals surface area contributed by atoms with Crippen molar-refractivity contribution in [2.75, 3.05) is 19.0 Å². The minimum Gasteiger partial charge on any atom is -0.497 e. The maximum atomic E-state index is 13.7. The van der Waals surface area contributed by atoms with Crippen LogP contribution < -0.4 is 15.8 Å². The average molecular weight is 537 g/mol. The van der Waals surface area contributed by atoms with Crippen molar-refractivity contribution in [1.82, 2.24) is 0 Å². The molecule has 8 heteroatoms. The first-order valence-corrected chi connectivity index (χ1v) is 13.4. The van der Waals surface area contributed by atoms with E-state index in [0.717, 1.165) is 41.6 Å². The number of hydrogen-bond donors (Lipinski definition) is 3. The maximum absolute atomic E-state index is 13.7. The lowest BCUT2D eigenvalue weighted by Crippen LogP contribution is -2.29. The summed E-state index contributed by atoms with van der Waals surface area (Å²) < 4.78 is 31.1. The van der Waals surface area contributed by atoms with Crippen LogP contribution in [0.1, 0.15) is 60.9 Å². The van der Waals surface area contributed by atoms with Gasteiger partial charge in [0.25, 0.3) is 0 Å². The van der Waals surface area contributed by atoms with Crippen molar-refractivity contribution in [1.29, 1.82) is 0 Å². The zero-order chi connectivity index (χ0) is 27.6. The number of hydrogen-bond acceptors (Lipinski definition) is 6. The molecule has 4 rings (SSSR count). The third-order valence-electron chi connectivity index (χ3n) is 7.14. The van der Waals surface area contributed by atoms with E-state index in [1.54, 1.807) is 19.2 Å². The molecule has 1 aliphatic rings. The Bertz CT molecular complexity index is 1170. The van der Waals surface area contributed by atoms with E-state index in [1.165, 1.54) is 12.1 Å². The lowest BCUT2D eigenvalue weighted by Gasteiger charge is -2.31. The monoisotopic (exact) mass is 536 g/mol. The van der Waals surface area contributed by atoms with Crippen LogP contribution in [-0.4, -0.2) is 31.1 Å². The number of ether oxygens (including phenoxy) is 3. The van der Waals surface area contributed by atoms with E-state index in [0.29, 0.717) is 31.7 Å². The SMILES string of the molecule is COc1ccc([C@@H](Nc2ccc(CN)cc2)[C@@H](CC[C@H](OC2CCCCO2)c2ccc(F)cc2)C(=O)O)cc1. The lowest BCUT2D eigenvalue weighted by atomic mass is 9.87. The predicted molar refractivity (Wildman–Crippen MR) is 148 cm³/mol. The molecule has 0 amide bonds. The Balaban J connectivity index is 1.59. The number of aliphatic carboxylic acids is 1. The van der Waals surface area contributed by atoms with Crippen molar-refractivity contribution in [3.05, 3.63) is 95.3 Å². The van der Waals surface area contributed by atoms with E-state index < -0.39 is 24.0 Å². The van der Waals surface area contributed by atoms with E-state index in [9.17, 15) is 14.3 Å². The molecule has 0 aromatic heterocycles. The first-order chi connectivity index (χ1) is 19.0. The Labute approximate surface area is 229 Å². The minimum atomic E-state index is -0.923. The van der Waals surface area contributed by atoms with E-state index in [-0.39, 0.29) is 12.1 Å². The van der Waals surface area contributed by atoms with Crippen LogP contribution in [0.15, 0.2) is 72.8 Å². The molecular weight excluding hydrogens is 499 g/mol. The minimum absolute atomic E-state index is 0.314. The number of rotatable bonds is 13. The highest BCUT2D eigenvalue weighted by Gasteiger charge is 2.32. The number of benzene rings is 3. The van der Waals surface area contributed by atoms with Crippen LogP contribution in [0.2, 0.25) is 0 Å². The number of halogens is 1. The Kier molecular flexibility index (Phi) is 10.3. The smallest absolute Gasteiger partial charge is 0.308 e. The van der Waals surface area contributed by atoms with Gasteiger partial charge in [-0.15, -0.1) is 0 Å². The molecule has 0 aliphatic carbocycles. The third kappa shape index (κ3) is 8.02. The molecule has 0 spiro atoms. The van der Waals surface area contributed by atoms with Crippen LogP contribution in [0, 0.1) is 11.7 Å². The van der Waals surface area contributed by atoms with Gasteiger partial charge >= 0.3 is 5.97 Å². The van der Waals surface area contributed by atoms with Crippen LogP contribution in [0.3, 0.4) is 0 Å². The van der Waals surface area contributed by atoms with Crippen molar-refractivity contribution in [2.24, 2.45) is 11.7 Å². The molecule has 1 fully saturated rings. The first-order valence-electron chi connectivity index (χ1n) is 13.4. The van der Waals surface area contributed by atoms with Crippen LogP contribution in [-0.2, 0) is 20.8 Å². The second-order valence-corrected chi connectivity index (χ2v) is 9.79. The Hall–Kier alpha value is -3.46. The molecule has 208 valence electrons. The van der Waals surface area contributed by atoms with E-state index in [1.807, 2.05) is 48.5 Å². The second-order valence-electron chi connectivity index (χ2n) is 9.79. The van der Waals surface area contributed by atoms with Gasteiger partial charge in [-0.1, -0.05) is 36.4 Å². The van der Waals surface area contributed by atoms with Gasteiger partial charge in [0, 0.05) is 18.8 Å². The number of nitrogens with one attached hydrogen (secondary N) is 1. The topological polar surface area (TPSA) is 103 Å². The van der Waals surface area contributed by atoms with Crippen LogP contribution in [0.4, 0.5) is 10.1 Å². The highest BCUT2D eigenvalue weighted by molar-refractivity contribution is 5.72. The highest BCUT2D eigenvalue weighted by atomic mass is 19.1. The zero-order valence-electron chi connectivity index (χ0n) is 22.2. The standard InChI is InChI=1S/C31H37FN2O5/c1-37-26-15-9-23(10-16-26)30(34-25-13-5-21(20-33)6-14-25)27(31(35)36)17-18-28(22-7-11-24(32)12-8-22)39-29-4-2-3-19-38-29/h5-16,27-30,34H,2-4,17-20,33H2,1H3,(H,35,36)/t27-,28+,29?,30-/m1/s1. The quantitative estimate of drug-likeness (QED) is 0.239. The summed E-state index contributed by atoms with van der Waals surface area (Å²) in [7, 11) is 1.59. The Morgan fingerprint density at radius 3 is 2.31 bits per heavy atom. The molecule has 7 nitrogen and oxygen atoms in total. The molecule has 0 radical (unpaired) electrons. The zero-order valence-corrected chi connectivity index (χ0v) is 22.2. The van der Waals surface area contributed by atoms with Gasteiger partial charge in [-0.2, -0.15) is 0 Å². The van der Waals surface area contributed by atoms with Crippen molar-refractivity contribution < 1.29 is 28.5 Å². The van der Waals surface area contributed by atoms with Gasteiger partial charge in [0.2, 0.25) is 0 Å². The maximum Gasteiger partial charge on any atom is 0.308 e. The summed E-state index contributed by atoms with van der Waals surface area (Å²) >= 11 is 0. The fraction of sp³-hybridized carbons (Fsp3) is 0.387. The molecule has 1 aliphatic heterocycles. The van der Waals surface area contributed by atoms with Crippen molar-refractivity contribution in [3.63, 3.8) is 0 Å². The summed E-state index contributed by atoms with van der Waals surface area (Å²) in [4.78, 5) is 12.7. The molecule has 3 aromatic carbocycles. The number of anilines is 1. The molecule has 1 saturated heterocycles. The Morgan fingerprint density at radius 2 is 1.72 bits per heavy atom. The number of methoxy groups -OCH3 is 1. The van der Waals surface area contributed by atoms with Gasteiger partial charge in [0.15, 0.2) is 6.29 Å². The van der Waals surface area contributed by atoms with Gasteiger partial charge < -0.3 is 30.4 Å². The fourth-order valence-electron chi connectivity index (χ4n) is 4.90.